The molecule has 1 N–H and O–H groups in total. The number of nitrogens with one attached hydrogen (secondary N) is 1. The van der Waals surface area contributed by atoms with Crippen molar-refractivity contribution in [2.75, 3.05) is 6.54 Å². The maximum Gasteiger partial charge on any atom is 0.255 e. The zero-order valence-electron chi connectivity index (χ0n) is 18.5. The van der Waals surface area contributed by atoms with Crippen LogP contribution in [0.1, 0.15) is 29.2 Å². The molecule has 0 aliphatic carbocycles. The largest absolute Gasteiger partial charge is 0.272 e. The highest BCUT2D eigenvalue weighted by Crippen LogP contribution is 2.21. The monoisotopic (exact) mass is 527 g/mol. The molecule has 172 valence electrons. The van der Waals surface area contributed by atoms with Gasteiger partial charge in [-0.05, 0) is 54.3 Å². The molecule has 0 saturated heterocycles. The molecule has 0 aliphatic heterocycles. The second-order valence-electron chi connectivity index (χ2n) is 7.60. The van der Waals surface area contributed by atoms with E-state index in [2.05, 4.69) is 33.4 Å². The van der Waals surface area contributed by atoms with E-state index in [4.69, 9.17) is 0 Å². The smallest absolute Gasteiger partial charge is 0.255 e. The van der Waals surface area contributed by atoms with Gasteiger partial charge in [0.15, 0.2) is 0 Å². The summed E-state index contributed by atoms with van der Waals surface area (Å²) >= 11 is 3.32. The van der Waals surface area contributed by atoms with Gasteiger partial charge in [-0.15, -0.1) is 0 Å². The summed E-state index contributed by atoms with van der Waals surface area (Å²) in [6.07, 6.45) is 2.47. The van der Waals surface area contributed by atoms with Crippen LogP contribution in [0.4, 0.5) is 0 Å². The molecular weight excluding hydrogens is 502 g/mol. The Hall–Kier alpha value is -2.81. The Kier molecular flexibility index (Phi) is 8.55. The number of aryl methyl sites for hydroxylation is 2. The Morgan fingerprint density at radius 2 is 1.58 bits per heavy atom. The fourth-order valence-electron chi connectivity index (χ4n) is 3.09. The fourth-order valence-corrected chi connectivity index (χ4v) is 4.74. The second-order valence-corrected chi connectivity index (χ2v) is 10.5. The highest BCUT2D eigenvalue weighted by Gasteiger charge is 2.27. The van der Waals surface area contributed by atoms with Crippen LogP contribution >= 0.6 is 15.9 Å². The number of hydrogen-bond donors (Lipinski definition) is 1. The van der Waals surface area contributed by atoms with Crippen LogP contribution in [0.15, 0.2) is 87.3 Å². The molecule has 3 rings (SSSR count). The third kappa shape index (κ3) is 7.08. The lowest BCUT2D eigenvalue weighted by molar-refractivity contribution is -0.121. The molecular formula is C25H26BrN3O3S. The number of hydrazone groups is 1. The number of carbonyl (C=O) groups excluding carboxylic acids is 1. The summed E-state index contributed by atoms with van der Waals surface area (Å²) in [4.78, 5) is 12.7. The van der Waals surface area contributed by atoms with E-state index in [0.717, 1.165) is 31.9 Å². The molecule has 0 atom stereocenters. The molecule has 0 aromatic heterocycles. The lowest BCUT2D eigenvalue weighted by Gasteiger charge is -2.21. The van der Waals surface area contributed by atoms with E-state index < -0.39 is 15.9 Å². The van der Waals surface area contributed by atoms with Gasteiger partial charge < -0.3 is 0 Å². The average Bonchev–Trinajstić information content (AvgIpc) is 2.81. The van der Waals surface area contributed by atoms with E-state index in [-0.39, 0.29) is 18.0 Å². The Labute approximate surface area is 203 Å². The van der Waals surface area contributed by atoms with Crippen LogP contribution in [-0.4, -0.2) is 31.4 Å². The van der Waals surface area contributed by atoms with E-state index in [1.165, 1.54) is 23.9 Å². The van der Waals surface area contributed by atoms with Crippen molar-refractivity contribution in [1.29, 1.82) is 0 Å². The van der Waals surface area contributed by atoms with Crippen molar-refractivity contribution in [3.8, 4) is 0 Å². The molecule has 1 amide bonds. The van der Waals surface area contributed by atoms with E-state index in [1.54, 1.807) is 12.1 Å². The standard InChI is InChI=1S/C25H26BrN3O3S/c1-3-20-8-10-21(11-9-20)16-27-28-25(30)18-29(17-22-6-4-19(2)5-7-22)33(31,32)24-14-12-23(26)13-15-24/h4-16H,3,17-18H2,1-2H3,(H,28,30)/b27-16-. The van der Waals surface area contributed by atoms with E-state index in [9.17, 15) is 13.2 Å². The van der Waals surface area contributed by atoms with Crippen LogP contribution in [0.5, 0.6) is 0 Å². The van der Waals surface area contributed by atoms with Gasteiger partial charge in [0.25, 0.3) is 5.91 Å². The number of rotatable bonds is 9. The molecule has 6 nitrogen and oxygen atoms in total. The van der Waals surface area contributed by atoms with Gasteiger partial charge in [-0.3, -0.25) is 4.79 Å². The van der Waals surface area contributed by atoms with Gasteiger partial charge >= 0.3 is 0 Å². The first-order chi connectivity index (χ1) is 15.8. The van der Waals surface area contributed by atoms with Crippen molar-refractivity contribution in [3.63, 3.8) is 0 Å². The minimum atomic E-state index is -3.91. The van der Waals surface area contributed by atoms with E-state index in [1.807, 2.05) is 55.5 Å². The van der Waals surface area contributed by atoms with Gasteiger partial charge in [0.1, 0.15) is 0 Å². The zero-order chi connectivity index (χ0) is 23.8. The topological polar surface area (TPSA) is 78.8 Å². The molecule has 0 fully saturated rings. The van der Waals surface area contributed by atoms with Crippen LogP contribution in [0.2, 0.25) is 0 Å². The number of halogens is 1. The summed E-state index contributed by atoms with van der Waals surface area (Å²) < 4.78 is 28.5. The average molecular weight is 528 g/mol. The van der Waals surface area contributed by atoms with Crippen molar-refractivity contribution in [3.05, 3.63) is 99.5 Å². The minimum absolute atomic E-state index is 0.0638. The van der Waals surface area contributed by atoms with Gasteiger partial charge in [-0.1, -0.05) is 76.9 Å². The fraction of sp³-hybridized carbons (Fsp3) is 0.200. The number of nitrogens with zero attached hydrogens (tertiary/aromatic N) is 2. The summed E-state index contributed by atoms with van der Waals surface area (Å²) in [7, 11) is -3.91. The van der Waals surface area contributed by atoms with Crippen LogP contribution in [0.25, 0.3) is 0 Å². The number of benzene rings is 3. The highest BCUT2D eigenvalue weighted by atomic mass is 79.9. The normalized spacial score (nSPS) is 11.8. The number of amides is 1. The molecule has 8 heteroatoms. The molecule has 0 bridgehead atoms. The molecule has 3 aromatic carbocycles. The van der Waals surface area contributed by atoms with Gasteiger partial charge in [0.2, 0.25) is 10.0 Å². The van der Waals surface area contributed by atoms with Crippen molar-refractivity contribution in [2.24, 2.45) is 5.10 Å². The first-order valence-corrected chi connectivity index (χ1v) is 12.7. The zero-order valence-corrected chi connectivity index (χ0v) is 20.9. The quantitative estimate of drug-likeness (QED) is 0.324. The Bertz CT molecular complexity index is 1210. The van der Waals surface area contributed by atoms with Crippen LogP contribution in [-0.2, 0) is 27.8 Å². The third-order valence-corrected chi connectivity index (χ3v) is 7.38. The minimum Gasteiger partial charge on any atom is -0.272 e. The first kappa shape index (κ1) is 24.8. The number of sulfonamides is 1. The number of hydrogen-bond acceptors (Lipinski definition) is 4. The molecule has 0 spiro atoms. The molecule has 0 saturated carbocycles. The molecule has 33 heavy (non-hydrogen) atoms. The van der Waals surface area contributed by atoms with Crippen molar-refractivity contribution in [2.45, 2.75) is 31.7 Å². The van der Waals surface area contributed by atoms with Crippen molar-refractivity contribution in [1.82, 2.24) is 9.73 Å². The van der Waals surface area contributed by atoms with Gasteiger partial charge in [0, 0.05) is 11.0 Å². The summed E-state index contributed by atoms with van der Waals surface area (Å²) in [5, 5.41) is 3.98. The summed E-state index contributed by atoms with van der Waals surface area (Å²) in [6.45, 7) is 3.74. The van der Waals surface area contributed by atoms with Crippen molar-refractivity contribution < 1.29 is 13.2 Å². The molecule has 0 heterocycles. The second kappa shape index (κ2) is 11.4. The number of carbonyl (C=O) groups is 1. The maximum absolute atomic E-state index is 13.3. The van der Waals surface area contributed by atoms with E-state index >= 15 is 0 Å². The molecule has 0 aliphatic rings. The SMILES string of the molecule is CCc1ccc(/C=N\NC(=O)CN(Cc2ccc(C)cc2)S(=O)(=O)c2ccc(Br)cc2)cc1. The maximum atomic E-state index is 13.3. The van der Waals surface area contributed by atoms with Crippen LogP contribution in [0, 0.1) is 6.92 Å². The lowest BCUT2D eigenvalue weighted by atomic mass is 10.1. The van der Waals surface area contributed by atoms with Crippen molar-refractivity contribution >= 4 is 38.1 Å². The molecule has 0 radical (unpaired) electrons. The van der Waals surface area contributed by atoms with Gasteiger partial charge in [0.05, 0.1) is 17.7 Å². The Balaban J connectivity index is 1.76. The lowest BCUT2D eigenvalue weighted by Crippen LogP contribution is -2.39. The first-order valence-electron chi connectivity index (χ1n) is 10.5. The van der Waals surface area contributed by atoms with Gasteiger partial charge in [-0.2, -0.15) is 9.41 Å². The highest BCUT2D eigenvalue weighted by molar-refractivity contribution is 9.10. The Morgan fingerprint density at radius 3 is 2.18 bits per heavy atom. The van der Waals surface area contributed by atoms with Crippen LogP contribution in [0.3, 0.4) is 0 Å². The summed E-state index contributed by atoms with van der Waals surface area (Å²) in [5.41, 5.74) is 6.34. The van der Waals surface area contributed by atoms with E-state index in [0.29, 0.717) is 0 Å². The predicted octanol–water partition coefficient (Wildman–Crippen LogP) is 4.66. The Morgan fingerprint density at radius 1 is 0.970 bits per heavy atom. The predicted molar refractivity (Wildman–Crippen MR) is 134 cm³/mol. The van der Waals surface area contributed by atoms with Crippen LogP contribution < -0.4 is 5.43 Å². The third-order valence-electron chi connectivity index (χ3n) is 5.04. The molecule has 3 aromatic rings. The summed E-state index contributed by atoms with van der Waals surface area (Å²) in [5.74, 6) is -0.524. The molecule has 0 unspecified atom stereocenters. The summed E-state index contributed by atoms with van der Waals surface area (Å²) in [6, 6.07) is 21.7. The van der Waals surface area contributed by atoms with Gasteiger partial charge in [-0.25, -0.2) is 13.8 Å².